The first kappa shape index (κ1) is 30.3. The van der Waals surface area contributed by atoms with Gasteiger partial charge < -0.3 is 26.4 Å². The molecule has 2 aliphatic carbocycles. The Morgan fingerprint density at radius 3 is 2.50 bits per heavy atom. The summed E-state index contributed by atoms with van der Waals surface area (Å²) in [5.74, 6) is 1.17. The van der Waals surface area contributed by atoms with Gasteiger partial charge in [-0.3, -0.25) is 0 Å². The zero-order chi connectivity index (χ0) is 27.9. The second kappa shape index (κ2) is 13.7. The van der Waals surface area contributed by atoms with Gasteiger partial charge in [0.25, 0.3) is 0 Å². The van der Waals surface area contributed by atoms with Crippen LogP contribution in [-0.4, -0.2) is 34.0 Å². The summed E-state index contributed by atoms with van der Waals surface area (Å²) in [5.41, 5.74) is 7.54. The van der Waals surface area contributed by atoms with Crippen molar-refractivity contribution in [3.63, 3.8) is 0 Å². The number of aliphatic hydroxyl groups is 1. The summed E-state index contributed by atoms with van der Waals surface area (Å²) in [6.07, 6.45) is 7.20. The van der Waals surface area contributed by atoms with Gasteiger partial charge in [0.1, 0.15) is 0 Å². The Labute approximate surface area is 233 Å². The van der Waals surface area contributed by atoms with Crippen molar-refractivity contribution in [1.82, 2.24) is 5.32 Å². The minimum atomic E-state index is -0.900. The molecule has 2 saturated carbocycles. The molecule has 0 bridgehead atoms. The van der Waals surface area contributed by atoms with Gasteiger partial charge in [0.05, 0.1) is 5.60 Å². The third-order valence-corrected chi connectivity index (χ3v) is 8.47. The van der Waals surface area contributed by atoms with Crippen LogP contribution in [0.1, 0.15) is 71.3 Å². The molecule has 0 aromatic heterocycles. The summed E-state index contributed by atoms with van der Waals surface area (Å²) in [6.45, 7) is 12.4. The fraction of sp³-hybridized carbons (Fsp3) is 0.562. The Balaban J connectivity index is 0.00000195. The van der Waals surface area contributed by atoms with Crippen LogP contribution < -0.4 is 21.5 Å². The molecule has 0 aliphatic heterocycles. The third-order valence-electron chi connectivity index (χ3n) is 8.24. The average molecular weight is 543 g/mol. The predicted molar refractivity (Wildman–Crippen MR) is 158 cm³/mol. The lowest BCUT2D eigenvalue weighted by molar-refractivity contribution is -0.0412. The third kappa shape index (κ3) is 8.14. The number of rotatable bonds is 9. The number of nitrogens with one attached hydrogen (secondary N) is 1. The maximum absolute atomic E-state index is 12.3. The molecule has 2 aromatic carbocycles. The van der Waals surface area contributed by atoms with E-state index in [9.17, 15) is 15.3 Å². The van der Waals surface area contributed by atoms with E-state index < -0.39 is 5.60 Å². The molecule has 6 N–H and O–H groups in total. The standard InChI is InChI=1S/C30H41ClN2O3.C2H6/c1-19-13-23(29(32)26-7-6-25(31)15-20(26)2)17-30(36,11-9-21-5-8-27(34)28(35)16-21)24(14-19)10-12-33-18-22-3-4-22;1-2/h5-8,15-16,19,22-24,33-36H,2-4,9-14,17-18,32H2,1H3;1-2H3/b29-26+;. The highest BCUT2D eigenvalue weighted by atomic mass is 35.5. The van der Waals surface area contributed by atoms with Gasteiger partial charge in [-0.15, -0.1) is 0 Å². The predicted octanol–water partition coefficient (Wildman–Crippen LogP) is 5.06. The molecule has 0 amide bonds. The lowest BCUT2D eigenvalue weighted by Gasteiger charge is -2.37. The Bertz CT molecular complexity index is 1170. The maximum atomic E-state index is 12.3. The number of aromatic hydroxyl groups is 2. The van der Waals surface area contributed by atoms with Crippen LogP contribution in [-0.2, 0) is 6.42 Å². The number of benzene rings is 2. The summed E-state index contributed by atoms with van der Waals surface area (Å²) in [7, 11) is 0. The van der Waals surface area contributed by atoms with Gasteiger partial charge in [0.2, 0.25) is 0 Å². The first-order chi connectivity index (χ1) is 18.1. The van der Waals surface area contributed by atoms with Gasteiger partial charge in [0, 0.05) is 21.9 Å². The smallest absolute Gasteiger partial charge is 0.157 e. The molecule has 4 atom stereocenters. The van der Waals surface area contributed by atoms with Crippen molar-refractivity contribution < 1.29 is 15.3 Å². The quantitative estimate of drug-likeness (QED) is 0.173. The van der Waals surface area contributed by atoms with E-state index >= 15 is 0 Å². The molecular weight excluding hydrogens is 496 g/mol. The summed E-state index contributed by atoms with van der Waals surface area (Å²) in [5, 5.41) is 37.9. The van der Waals surface area contributed by atoms with E-state index in [1.54, 1.807) is 6.07 Å². The molecule has 6 heteroatoms. The van der Waals surface area contributed by atoms with Crippen LogP contribution in [0.15, 0.2) is 36.4 Å². The second-order valence-electron chi connectivity index (χ2n) is 11.3. The van der Waals surface area contributed by atoms with Crippen LogP contribution in [0.3, 0.4) is 0 Å². The molecular formula is C32H47ClN2O3. The zero-order valence-electron chi connectivity index (χ0n) is 23.3. The molecule has 2 aliphatic rings. The Kier molecular flexibility index (Phi) is 11.0. The molecule has 0 saturated heterocycles. The maximum Gasteiger partial charge on any atom is 0.157 e. The number of halogens is 1. The minimum Gasteiger partial charge on any atom is -0.504 e. The molecule has 0 spiro atoms. The topological polar surface area (TPSA) is 98.7 Å². The number of phenolic OH excluding ortho intramolecular Hbond substituents is 2. The van der Waals surface area contributed by atoms with E-state index in [4.69, 9.17) is 17.3 Å². The summed E-state index contributed by atoms with van der Waals surface area (Å²) < 4.78 is 0. The highest BCUT2D eigenvalue weighted by molar-refractivity contribution is 6.30. The Morgan fingerprint density at radius 2 is 1.84 bits per heavy atom. The minimum absolute atomic E-state index is 0.0318. The van der Waals surface area contributed by atoms with Crippen LogP contribution in [0.4, 0.5) is 0 Å². The molecule has 2 fully saturated rings. The largest absolute Gasteiger partial charge is 0.504 e. The number of hydrogen-bond donors (Lipinski definition) is 5. The fourth-order valence-corrected chi connectivity index (χ4v) is 6.14. The van der Waals surface area contributed by atoms with Gasteiger partial charge in [-0.25, -0.2) is 0 Å². The average Bonchev–Trinajstić information content (AvgIpc) is 3.72. The Morgan fingerprint density at radius 1 is 1.11 bits per heavy atom. The van der Waals surface area contributed by atoms with Crippen LogP contribution in [0.2, 0.25) is 5.02 Å². The normalized spacial score (nSPS) is 26.2. The van der Waals surface area contributed by atoms with Gasteiger partial charge in [-0.1, -0.05) is 51.1 Å². The summed E-state index contributed by atoms with van der Waals surface area (Å²) in [4.78, 5) is 0. The molecule has 2 aromatic rings. The second-order valence-corrected chi connectivity index (χ2v) is 11.7. The van der Waals surface area contributed by atoms with Gasteiger partial charge >= 0.3 is 0 Å². The molecule has 4 unspecified atom stereocenters. The molecule has 5 nitrogen and oxygen atoms in total. The molecule has 38 heavy (non-hydrogen) atoms. The van der Waals surface area contributed by atoms with Crippen molar-refractivity contribution in [2.75, 3.05) is 13.1 Å². The lowest BCUT2D eigenvalue weighted by atomic mass is 9.75. The van der Waals surface area contributed by atoms with Crippen molar-refractivity contribution in [3.05, 3.63) is 57.4 Å². The number of phenols is 2. The molecule has 210 valence electrons. The first-order valence-electron chi connectivity index (χ1n) is 14.3. The van der Waals surface area contributed by atoms with Crippen molar-refractivity contribution in [3.8, 4) is 11.5 Å². The Hall–Kier alpha value is -2.21. The van der Waals surface area contributed by atoms with E-state index in [-0.39, 0.29) is 23.3 Å². The van der Waals surface area contributed by atoms with E-state index in [0.717, 1.165) is 60.0 Å². The van der Waals surface area contributed by atoms with E-state index in [1.807, 2.05) is 38.1 Å². The molecule has 4 rings (SSSR count). The van der Waals surface area contributed by atoms with E-state index in [1.165, 1.54) is 18.9 Å². The lowest BCUT2D eigenvalue weighted by Crippen LogP contribution is -2.42. The van der Waals surface area contributed by atoms with Crippen molar-refractivity contribution in [1.29, 1.82) is 0 Å². The van der Waals surface area contributed by atoms with Crippen LogP contribution >= 0.6 is 11.6 Å². The molecule has 0 radical (unpaired) electrons. The monoisotopic (exact) mass is 542 g/mol. The summed E-state index contributed by atoms with van der Waals surface area (Å²) in [6, 6.07) is 10.5. The van der Waals surface area contributed by atoms with Gasteiger partial charge in [-0.2, -0.15) is 0 Å². The number of hydrogen-bond acceptors (Lipinski definition) is 5. The zero-order valence-corrected chi connectivity index (χ0v) is 24.1. The van der Waals surface area contributed by atoms with Crippen molar-refractivity contribution in [2.24, 2.45) is 29.4 Å². The van der Waals surface area contributed by atoms with Crippen LogP contribution in [0.5, 0.6) is 11.5 Å². The van der Waals surface area contributed by atoms with E-state index in [0.29, 0.717) is 30.2 Å². The van der Waals surface area contributed by atoms with Crippen molar-refractivity contribution >= 4 is 23.9 Å². The van der Waals surface area contributed by atoms with Crippen molar-refractivity contribution in [2.45, 2.75) is 77.7 Å². The molecule has 0 heterocycles. The van der Waals surface area contributed by atoms with E-state index in [2.05, 4.69) is 18.8 Å². The SMILES string of the molecule is C=c1cc(Cl)cc/c1=C(\N)C1CC(C)CC(CCNCC2CC2)C(O)(CCc2ccc(O)c(O)c2)C1.CC. The van der Waals surface area contributed by atoms with Gasteiger partial charge in [0.15, 0.2) is 11.5 Å². The fourth-order valence-electron chi connectivity index (χ4n) is 5.95. The number of aryl methyl sites for hydroxylation is 1. The van der Waals surface area contributed by atoms with Crippen LogP contribution in [0, 0.1) is 23.7 Å². The van der Waals surface area contributed by atoms with Crippen LogP contribution in [0.25, 0.3) is 12.3 Å². The van der Waals surface area contributed by atoms with Gasteiger partial charge in [-0.05, 0) is 117 Å². The highest BCUT2D eigenvalue weighted by Crippen LogP contribution is 2.44. The number of nitrogens with two attached hydrogens (primary N) is 1. The first-order valence-corrected chi connectivity index (χ1v) is 14.7. The summed E-state index contributed by atoms with van der Waals surface area (Å²) >= 11 is 6.16. The highest BCUT2D eigenvalue weighted by Gasteiger charge is 2.42.